The van der Waals surface area contributed by atoms with Crippen LogP contribution in [0.15, 0.2) is 24.3 Å². The van der Waals surface area contributed by atoms with Gasteiger partial charge in [-0.2, -0.15) is 0 Å². The molecule has 1 radical (unpaired) electrons. The van der Waals surface area contributed by atoms with Gasteiger partial charge in [0.05, 0.1) is 0 Å². The summed E-state index contributed by atoms with van der Waals surface area (Å²) >= 11 is 0. The molecular formula is C9H10AlO4. The number of esters is 1. The third-order valence-electron chi connectivity index (χ3n) is 1.37. The third kappa shape index (κ3) is 3.21. The van der Waals surface area contributed by atoms with E-state index in [1.807, 2.05) is 0 Å². The molecule has 1 N–H and O–H groups in total. The summed E-state index contributed by atoms with van der Waals surface area (Å²) in [6.45, 7) is 1.22. The summed E-state index contributed by atoms with van der Waals surface area (Å²) in [7, 11) is 0. The van der Waals surface area contributed by atoms with Crippen molar-refractivity contribution in [2.75, 3.05) is 0 Å². The first kappa shape index (κ1) is 12.7. The van der Waals surface area contributed by atoms with Crippen LogP contribution < -0.4 is 4.74 Å². The number of carboxylic acids is 1. The highest BCUT2D eigenvalue weighted by Gasteiger charge is 2.10. The van der Waals surface area contributed by atoms with Crippen LogP contribution in [-0.4, -0.2) is 34.4 Å². The molecule has 0 saturated heterocycles. The SMILES string of the molecule is CC(=O)Oc1ccccc1C(=O)O.[AlH2]. The quantitative estimate of drug-likeness (QED) is 0.435. The molecule has 1 aromatic rings. The summed E-state index contributed by atoms with van der Waals surface area (Å²) in [6.07, 6.45) is 0. The van der Waals surface area contributed by atoms with Gasteiger partial charge < -0.3 is 9.84 Å². The van der Waals surface area contributed by atoms with Crippen LogP contribution in [-0.2, 0) is 4.79 Å². The van der Waals surface area contributed by atoms with E-state index in [1.165, 1.54) is 19.1 Å². The smallest absolute Gasteiger partial charge is 0.339 e. The number of hydrogen-bond donors (Lipinski definition) is 1. The molecule has 0 aromatic heterocycles. The molecule has 1 aromatic carbocycles. The van der Waals surface area contributed by atoms with Crippen molar-refractivity contribution in [1.82, 2.24) is 0 Å². The van der Waals surface area contributed by atoms with E-state index in [9.17, 15) is 9.59 Å². The maximum atomic E-state index is 10.6. The molecule has 0 heterocycles. The molecule has 0 aliphatic carbocycles. The summed E-state index contributed by atoms with van der Waals surface area (Å²) in [5.74, 6) is -1.58. The van der Waals surface area contributed by atoms with Gasteiger partial charge in [0.25, 0.3) is 0 Å². The first-order valence-corrected chi connectivity index (χ1v) is 3.62. The minimum Gasteiger partial charge on any atom is -0.478 e. The van der Waals surface area contributed by atoms with Crippen molar-refractivity contribution < 1.29 is 19.4 Å². The van der Waals surface area contributed by atoms with Gasteiger partial charge in [-0.05, 0) is 12.1 Å². The Morgan fingerprint density at radius 3 is 2.36 bits per heavy atom. The van der Waals surface area contributed by atoms with Crippen molar-refractivity contribution in [2.24, 2.45) is 0 Å². The third-order valence-corrected chi connectivity index (χ3v) is 1.37. The van der Waals surface area contributed by atoms with Crippen LogP contribution in [0.4, 0.5) is 0 Å². The van der Waals surface area contributed by atoms with Gasteiger partial charge in [-0.1, -0.05) is 12.1 Å². The van der Waals surface area contributed by atoms with Crippen molar-refractivity contribution in [3.63, 3.8) is 0 Å². The Kier molecular flexibility index (Phi) is 4.92. The second-order valence-corrected chi connectivity index (χ2v) is 2.39. The normalized spacial score (nSPS) is 8.64. The summed E-state index contributed by atoms with van der Waals surface area (Å²) in [5, 5.41) is 8.69. The highest BCUT2D eigenvalue weighted by molar-refractivity contribution is 5.91. The molecule has 0 aliphatic rings. The van der Waals surface area contributed by atoms with Crippen LogP contribution in [0.1, 0.15) is 17.3 Å². The van der Waals surface area contributed by atoms with Crippen LogP contribution in [0, 0.1) is 0 Å². The molecule has 1 rings (SSSR count). The average Bonchev–Trinajstić information content (AvgIpc) is 2.03. The number of carboxylic acid groups (broad SMARTS) is 1. The molecule has 0 fully saturated rings. The van der Waals surface area contributed by atoms with E-state index in [1.54, 1.807) is 12.1 Å². The summed E-state index contributed by atoms with van der Waals surface area (Å²) < 4.78 is 4.69. The van der Waals surface area contributed by atoms with Gasteiger partial charge >= 0.3 is 11.9 Å². The van der Waals surface area contributed by atoms with Crippen molar-refractivity contribution in [2.45, 2.75) is 6.92 Å². The molecule has 14 heavy (non-hydrogen) atoms. The molecule has 0 atom stereocenters. The molecule has 0 bridgehead atoms. The van der Waals surface area contributed by atoms with Gasteiger partial charge in [0.15, 0.2) is 0 Å². The lowest BCUT2D eigenvalue weighted by molar-refractivity contribution is -0.131. The second kappa shape index (κ2) is 5.43. The minimum atomic E-state index is -1.11. The lowest BCUT2D eigenvalue weighted by Crippen LogP contribution is -2.06. The Labute approximate surface area is 91.6 Å². The average molecular weight is 209 g/mol. The number of rotatable bonds is 2. The van der Waals surface area contributed by atoms with Crippen LogP contribution in [0.2, 0.25) is 0 Å². The summed E-state index contributed by atoms with van der Waals surface area (Å²) in [4.78, 5) is 21.2. The van der Waals surface area contributed by atoms with Gasteiger partial charge in [-0.25, -0.2) is 4.79 Å². The molecule has 73 valence electrons. The van der Waals surface area contributed by atoms with Crippen LogP contribution in [0.3, 0.4) is 0 Å². The lowest BCUT2D eigenvalue weighted by atomic mass is 10.2. The Hall–Kier alpha value is -1.31. The Bertz CT molecular complexity index is 348. The maximum absolute atomic E-state index is 10.6. The second-order valence-electron chi connectivity index (χ2n) is 2.39. The first-order chi connectivity index (χ1) is 6.11. The Morgan fingerprint density at radius 1 is 1.29 bits per heavy atom. The molecule has 0 amide bonds. The Balaban J connectivity index is 0.00000169. The number of ether oxygens (including phenoxy) is 1. The molecular weight excluding hydrogens is 199 g/mol. The fraction of sp³-hybridized carbons (Fsp3) is 0.111. The van der Waals surface area contributed by atoms with E-state index in [4.69, 9.17) is 5.11 Å². The fourth-order valence-corrected chi connectivity index (χ4v) is 0.887. The van der Waals surface area contributed by atoms with E-state index < -0.39 is 11.9 Å². The van der Waals surface area contributed by atoms with E-state index in [-0.39, 0.29) is 28.7 Å². The Morgan fingerprint density at radius 2 is 1.86 bits per heavy atom. The zero-order valence-electron chi connectivity index (χ0n) is 7.98. The van der Waals surface area contributed by atoms with E-state index >= 15 is 0 Å². The molecule has 0 spiro atoms. The number of aromatic carboxylic acids is 1. The predicted molar refractivity (Wildman–Crippen MR) is 53.3 cm³/mol. The zero-order valence-corrected chi connectivity index (χ0v) is 9.98. The topological polar surface area (TPSA) is 63.6 Å². The van der Waals surface area contributed by atoms with Crippen molar-refractivity contribution in [1.29, 1.82) is 0 Å². The van der Waals surface area contributed by atoms with Gasteiger partial charge in [-0.3, -0.25) is 4.79 Å². The predicted octanol–water partition coefficient (Wildman–Crippen LogP) is 0.394. The summed E-state index contributed by atoms with van der Waals surface area (Å²) in [6, 6.07) is 5.98. The van der Waals surface area contributed by atoms with Crippen LogP contribution in [0.5, 0.6) is 5.75 Å². The van der Waals surface area contributed by atoms with Gasteiger partial charge in [-0.15, -0.1) is 0 Å². The highest BCUT2D eigenvalue weighted by atomic mass is 27.0. The highest BCUT2D eigenvalue weighted by Crippen LogP contribution is 2.17. The van der Waals surface area contributed by atoms with Gasteiger partial charge in [0.2, 0.25) is 0 Å². The van der Waals surface area contributed by atoms with E-state index in [0.29, 0.717) is 0 Å². The fourth-order valence-electron chi connectivity index (χ4n) is 0.887. The lowest BCUT2D eigenvalue weighted by Gasteiger charge is -2.03. The van der Waals surface area contributed by atoms with E-state index in [0.717, 1.165) is 0 Å². The number of carbonyl (C=O) groups is 2. The summed E-state index contributed by atoms with van der Waals surface area (Å²) in [5.41, 5.74) is -0.0160. The van der Waals surface area contributed by atoms with Crippen molar-refractivity contribution in [3.8, 4) is 5.75 Å². The number of carbonyl (C=O) groups excluding carboxylic acids is 1. The number of para-hydroxylation sites is 1. The van der Waals surface area contributed by atoms with Crippen molar-refractivity contribution in [3.05, 3.63) is 29.8 Å². The van der Waals surface area contributed by atoms with Gasteiger partial charge in [0, 0.05) is 6.92 Å². The minimum absolute atomic E-state index is 0. The molecule has 0 saturated carbocycles. The maximum Gasteiger partial charge on any atom is 0.339 e. The molecule has 0 unspecified atom stereocenters. The first-order valence-electron chi connectivity index (χ1n) is 3.62. The molecule has 5 heteroatoms. The number of hydrogen-bond acceptors (Lipinski definition) is 3. The van der Waals surface area contributed by atoms with Crippen LogP contribution >= 0.6 is 0 Å². The van der Waals surface area contributed by atoms with Crippen LogP contribution in [0.25, 0.3) is 0 Å². The van der Waals surface area contributed by atoms with Gasteiger partial charge in [0.1, 0.15) is 28.7 Å². The molecule has 0 aliphatic heterocycles. The standard InChI is InChI=1S/C9H8O4.Al.2H/c1-6(10)13-8-5-3-2-4-7(8)9(11)12;;;/h2-5H,1H3,(H,11,12);;;. The zero-order chi connectivity index (χ0) is 9.84. The monoisotopic (exact) mass is 209 g/mol. The van der Waals surface area contributed by atoms with Crippen molar-refractivity contribution >= 4 is 29.3 Å². The van der Waals surface area contributed by atoms with E-state index in [2.05, 4.69) is 4.74 Å². The number of benzene rings is 1. The molecule has 4 nitrogen and oxygen atoms in total. The largest absolute Gasteiger partial charge is 0.478 e.